The fourth-order valence-corrected chi connectivity index (χ4v) is 5.65. The van der Waals surface area contributed by atoms with Gasteiger partial charge in [-0.15, -0.1) is 0 Å². The van der Waals surface area contributed by atoms with Gasteiger partial charge in [-0.3, -0.25) is 4.79 Å². The second kappa shape index (κ2) is 11.2. The average Bonchev–Trinajstić information content (AvgIpc) is 2.94. The molecule has 6 heteroatoms. The second-order valence-electron chi connectivity index (χ2n) is 9.69. The molecule has 0 radical (unpaired) electrons. The molecule has 0 saturated carbocycles. The van der Waals surface area contributed by atoms with Crippen LogP contribution in [0.4, 0.5) is 0 Å². The van der Waals surface area contributed by atoms with E-state index in [1.54, 1.807) is 7.11 Å². The van der Waals surface area contributed by atoms with Crippen molar-refractivity contribution in [1.82, 2.24) is 5.32 Å². The van der Waals surface area contributed by atoms with E-state index in [1.807, 2.05) is 80.6 Å². The molecule has 1 aliphatic carbocycles. The highest BCUT2D eigenvalue weighted by Gasteiger charge is 2.42. The lowest BCUT2D eigenvalue weighted by molar-refractivity contribution is -0.140. The minimum Gasteiger partial charge on any atom is -0.497 e. The van der Waals surface area contributed by atoms with Crippen molar-refractivity contribution >= 4 is 22.5 Å². The van der Waals surface area contributed by atoms with Gasteiger partial charge in [0.1, 0.15) is 12.4 Å². The van der Waals surface area contributed by atoms with Gasteiger partial charge in [0.15, 0.2) is 5.78 Å². The third-order valence-electron chi connectivity index (χ3n) is 7.43. The largest absolute Gasteiger partial charge is 0.497 e. The molecule has 38 heavy (non-hydrogen) atoms. The van der Waals surface area contributed by atoms with Crippen molar-refractivity contribution in [2.45, 2.75) is 38.5 Å². The number of Topliss-reactive ketones (excluding diaryl/α,β-unsaturated/α-hetero) is 1. The molecule has 0 spiro atoms. The van der Waals surface area contributed by atoms with Crippen molar-refractivity contribution in [3.8, 4) is 5.75 Å². The molecule has 3 aromatic carbocycles. The first-order valence-corrected chi connectivity index (χ1v) is 13.1. The number of esters is 1. The van der Waals surface area contributed by atoms with Crippen LogP contribution in [0.5, 0.6) is 5.75 Å². The monoisotopic (exact) mass is 511 g/mol. The summed E-state index contributed by atoms with van der Waals surface area (Å²) in [6.45, 7) is 4.84. The van der Waals surface area contributed by atoms with E-state index in [9.17, 15) is 9.59 Å². The highest BCUT2D eigenvalue weighted by Crippen LogP contribution is 2.47. The quantitative estimate of drug-likeness (QED) is 0.305. The SMILES string of the molecule is CCOCCOC(=O)C1=C(C)NC2=C(C(=O)C[C@H](c3ccc(OC)cc3)C2)[C@@H]1c1cccc2ccccc12. The van der Waals surface area contributed by atoms with E-state index in [0.29, 0.717) is 42.9 Å². The first kappa shape index (κ1) is 25.7. The van der Waals surface area contributed by atoms with Crippen molar-refractivity contribution in [2.24, 2.45) is 0 Å². The summed E-state index contributed by atoms with van der Waals surface area (Å²) in [7, 11) is 1.64. The molecule has 0 unspecified atom stereocenters. The Morgan fingerprint density at radius 2 is 1.74 bits per heavy atom. The average molecular weight is 512 g/mol. The second-order valence-corrected chi connectivity index (χ2v) is 9.69. The minimum atomic E-state index is -0.513. The van der Waals surface area contributed by atoms with E-state index in [-0.39, 0.29) is 18.3 Å². The molecular weight excluding hydrogens is 478 g/mol. The Kier molecular flexibility index (Phi) is 7.61. The first-order chi connectivity index (χ1) is 18.5. The Bertz CT molecular complexity index is 1410. The summed E-state index contributed by atoms with van der Waals surface area (Å²) in [4.78, 5) is 27.4. The van der Waals surface area contributed by atoms with E-state index < -0.39 is 11.9 Å². The predicted molar refractivity (Wildman–Crippen MR) is 147 cm³/mol. The molecule has 1 aliphatic heterocycles. The molecule has 2 atom stereocenters. The van der Waals surface area contributed by atoms with Crippen LogP contribution >= 0.6 is 0 Å². The molecule has 6 nitrogen and oxygen atoms in total. The van der Waals surface area contributed by atoms with Crippen LogP contribution in [0.25, 0.3) is 10.8 Å². The van der Waals surface area contributed by atoms with E-state index >= 15 is 0 Å². The fourth-order valence-electron chi connectivity index (χ4n) is 5.65. The van der Waals surface area contributed by atoms with Crippen LogP contribution in [-0.2, 0) is 19.1 Å². The van der Waals surface area contributed by atoms with E-state index in [0.717, 1.165) is 33.3 Å². The molecule has 0 amide bonds. The highest BCUT2D eigenvalue weighted by atomic mass is 16.6. The zero-order chi connectivity index (χ0) is 26.6. The van der Waals surface area contributed by atoms with Gasteiger partial charge in [0.05, 0.1) is 19.3 Å². The lowest BCUT2D eigenvalue weighted by atomic mass is 9.71. The summed E-state index contributed by atoms with van der Waals surface area (Å²) in [6.07, 6.45) is 1.05. The number of allylic oxidation sites excluding steroid dienone is 3. The van der Waals surface area contributed by atoms with Crippen molar-refractivity contribution in [1.29, 1.82) is 0 Å². The Morgan fingerprint density at radius 3 is 2.50 bits per heavy atom. The number of methoxy groups -OCH3 is 1. The topological polar surface area (TPSA) is 73.9 Å². The number of hydrogen-bond acceptors (Lipinski definition) is 6. The zero-order valence-corrected chi connectivity index (χ0v) is 22.1. The van der Waals surface area contributed by atoms with Crippen molar-refractivity contribution in [2.75, 3.05) is 26.9 Å². The Morgan fingerprint density at radius 1 is 0.974 bits per heavy atom. The van der Waals surface area contributed by atoms with Crippen molar-refractivity contribution < 1.29 is 23.8 Å². The van der Waals surface area contributed by atoms with Gasteiger partial charge >= 0.3 is 5.97 Å². The van der Waals surface area contributed by atoms with Gasteiger partial charge in [0.25, 0.3) is 0 Å². The summed E-state index contributed by atoms with van der Waals surface area (Å²) in [6, 6.07) is 22.0. The Hall–Kier alpha value is -3.90. The maximum atomic E-state index is 13.9. The molecule has 1 heterocycles. The molecule has 2 aliphatic rings. The summed E-state index contributed by atoms with van der Waals surface area (Å²) in [5, 5.41) is 5.51. The number of hydrogen-bond donors (Lipinski definition) is 1. The van der Waals surface area contributed by atoms with Gasteiger partial charge in [-0.05, 0) is 60.2 Å². The third kappa shape index (κ3) is 4.96. The van der Waals surface area contributed by atoms with Gasteiger partial charge < -0.3 is 19.5 Å². The Labute approximate surface area is 223 Å². The number of rotatable bonds is 8. The molecule has 5 rings (SSSR count). The molecule has 1 N–H and O–H groups in total. The Balaban J connectivity index is 1.57. The number of dihydropyridines is 1. The number of nitrogens with one attached hydrogen (secondary N) is 1. The van der Waals surface area contributed by atoms with Gasteiger partial charge in [-0.25, -0.2) is 4.79 Å². The molecular formula is C32H33NO5. The molecule has 0 aromatic heterocycles. The van der Waals surface area contributed by atoms with E-state index in [1.165, 1.54) is 0 Å². The molecule has 0 fully saturated rings. The molecule has 3 aromatic rings. The summed E-state index contributed by atoms with van der Waals surface area (Å²) in [5.74, 6) is -0.0654. The zero-order valence-electron chi connectivity index (χ0n) is 22.1. The lowest BCUT2D eigenvalue weighted by Gasteiger charge is -2.37. The summed E-state index contributed by atoms with van der Waals surface area (Å²) in [5.41, 5.74) is 4.76. The maximum absolute atomic E-state index is 13.9. The standard InChI is InChI=1S/C32H33NO5/c1-4-37-16-17-38-32(35)29-20(2)33-27-18-23(21-12-14-24(36-3)15-13-21)19-28(34)31(27)30(29)26-11-7-9-22-8-5-6-10-25(22)26/h5-15,23,30,33H,4,16-19H2,1-3H3/t23-,30-/m1/s1. The fraction of sp³-hybridized carbons (Fsp3) is 0.312. The number of carbonyl (C=O) groups excluding carboxylic acids is 2. The van der Waals surface area contributed by atoms with Crippen molar-refractivity contribution in [3.63, 3.8) is 0 Å². The van der Waals surface area contributed by atoms with E-state index in [4.69, 9.17) is 14.2 Å². The molecule has 0 bridgehead atoms. The first-order valence-electron chi connectivity index (χ1n) is 13.1. The van der Waals surface area contributed by atoms with Gasteiger partial charge in [0.2, 0.25) is 0 Å². The van der Waals surface area contributed by atoms with Crippen LogP contribution in [0.3, 0.4) is 0 Å². The molecule has 196 valence electrons. The summed E-state index contributed by atoms with van der Waals surface area (Å²) < 4.78 is 16.3. The summed E-state index contributed by atoms with van der Waals surface area (Å²) >= 11 is 0. The lowest BCUT2D eigenvalue weighted by Crippen LogP contribution is -2.36. The highest BCUT2D eigenvalue weighted by molar-refractivity contribution is 6.05. The molecule has 0 saturated heterocycles. The van der Waals surface area contributed by atoms with Crippen LogP contribution in [0.15, 0.2) is 89.3 Å². The van der Waals surface area contributed by atoms with Gasteiger partial charge in [0, 0.05) is 35.9 Å². The van der Waals surface area contributed by atoms with Crippen LogP contribution in [0, 0.1) is 0 Å². The van der Waals surface area contributed by atoms with E-state index in [2.05, 4.69) is 5.32 Å². The third-order valence-corrected chi connectivity index (χ3v) is 7.43. The van der Waals surface area contributed by atoms with Gasteiger partial charge in [-0.2, -0.15) is 0 Å². The number of fused-ring (bicyclic) bond motifs is 1. The minimum absolute atomic E-state index is 0.0420. The number of ketones is 1. The predicted octanol–water partition coefficient (Wildman–Crippen LogP) is 5.79. The number of carbonyl (C=O) groups is 2. The van der Waals surface area contributed by atoms with Gasteiger partial charge in [-0.1, -0.05) is 54.6 Å². The number of ether oxygens (including phenoxy) is 3. The van der Waals surface area contributed by atoms with Crippen LogP contribution < -0.4 is 10.1 Å². The maximum Gasteiger partial charge on any atom is 0.336 e. The smallest absolute Gasteiger partial charge is 0.336 e. The van der Waals surface area contributed by atoms with Crippen LogP contribution in [0.2, 0.25) is 0 Å². The van der Waals surface area contributed by atoms with Crippen molar-refractivity contribution in [3.05, 3.63) is 100 Å². The van der Waals surface area contributed by atoms with Crippen LogP contribution in [0.1, 0.15) is 49.7 Å². The normalized spacial score (nSPS) is 19.3. The number of benzene rings is 3. The van der Waals surface area contributed by atoms with Crippen LogP contribution in [-0.4, -0.2) is 38.7 Å².